The number of sulfone groups is 1. The Morgan fingerprint density at radius 1 is 0.839 bits per heavy atom. The van der Waals surface area contributed by atoms with E-state index in [1.54, 1.807) is 36.4 Å². The molecule has 31 heavy (non-hydrogen) atoms. The van der Waals surface area contributed by atoms with Crippen LogP contribution >= 0.6 is 0 Å². The topological polar surface area (TPSA) is 74.7 Å². The summed E-state index contributed by atoms with van der Waals surface area (Å²) in [5, 5.41) is 10.7. The predicted molar refractivity (Wildman–Crippen MR) is 116 cm³/mol. The summed E-state index contributed by atoms with van der Waals surface area (Å²) in [6.45, 7) is 3.71. The lowest BCUT2D eigenvalue weighted by Crippen LogP contribution is -2.31. The number of rotatable bonds is 4. The Hall–Kier alpha value is -3.45. The summed E-state index contributed by atoms with van der Waals surface area (Å²) in [5.74, 6) is -2.16. The summed E-state index contributed by atoms with van der Waals surface area (Å²) in [5.41, 5.74) is 2.62. The van der Waals surface area contributed by atoms with Gasteiger partial charge in [0.1, 0.15) is 16.8 Å². The number of carbonyl (C=O) groups is 1. The van der Waals surface area contributed by atoms with E-state index in [2.05, 4.69) is 0 Å². The molecule has 0 saturated carbocycles. The van der Waals surface area contributed by atoms with E-state index in [1.165, 1.54) is 41.3 Å². The third-order valence-corrected chi connectivity index (χ3v) is 7.17. The Balaban J connectivity index is 1.93. The first kappa shape index (κ1) is 20.8. The van der Waals surface area contributed by atoms with Crippen molar-refractivity contribution in [2.45, 2.75) is 24.8 Å². The maximum Gasteiger partial charge on any atom is 0.295 e. The number of hydrogen-bond acceptors (Lipinski definition) is 4. The zero-order valence-corrected chi connectivity index (χ0v) is 17.7. The Labute approximate surface area is 180 Å². The zero-order valence-electron chi connectivity index (χ0n) is 16.9. The van der Waals surface area contributed by atoms with Crippen molar-refractivity contribution in [2.24, 2.45) is 0 Å². The number of anilines is 1. The highest BCUT2D eigenvalue weighted by Crippen LogP contribution is 2.44. The molecule has 4 rings (SSSR count). The number of benzene rings is 3. The van der Waals surface area contributed by atoms with Crippen molar-refractivity contribution in [3.63, 3.8) is 0 Å². The molecule has 3 aromatic rings. The maximum atomic E-state index is 13.6. The molecule has 0 aliphatic carbocycles. The molecule has 0 unspecified atom stereocenters. The second-order valence-electron chi connectivity index (χ2n) is 7.49. The van der Waals surface area contributed by atoms with Gasteiger partial charge in [0.2, 0.25) is 9.84 Å². The Morgan fingerprint density at radius 2 is 1.35 bits per heavy atom. The normalized spacial score (nSPS) is 16.8. The first-order valence-corrected chi connectivity index (χ1v) is 11.1. The lowest BCUT2D eigenvalue weighted by atomic mass is 10.1. The fourth-order valence-corrected chi connectivity index (χ4v) is 5.24. The van der Waals surface area contributed by atoms with Gasteiger partial charge in [-0.3, -0.25) is 9.69 Å². The quantitative estimate of drug-likeness (QED) is 0.638. The van der Waals surface area contributed by atoms with Gasteiger partial charge in [0.15, 0.2) is 5.76 Å². The van der Waals surface area contributed by atoms with Crippen LogP contribution in [0.2, 0.25) is 0 Å². The Kier molecular flexibility index (Phi) is 5.15. The van der Waals surface area contributed by atoms with Crippen LogP contribution < -0.4 is 4.90 Å². The molecule has 0 aromatic heterocycles. The third kappa shape index (κ3) is 3.61. The molecule has 0 fully saturated rings. The van der Waals surface area contributed by atoms with Gasteiger partial charge in [0, 0.05) is 5.69 Å². The molecule has 0 saturated heterocycles. The van der Waals surface area contributed by atoms with Gasteiger partial charge in [0.05, 0.1) is 4.90 Å². The van der Waals surface area contributed by atoms with Crippen LogP contribution in [0.3, 0.4) is 0 Å². The lowest BCUT2D eigenvalue weighted by molar-refractivity contribution is -0.117. The molecule has 1 aliphatic heterocycles. The number of aryl methyl sites for hydroxylation is 2. The van der Waals surface area contributed by atoms with Crippen molar-refractivity contribution >= 4 is 21.4 Å². The summed E-state index contributed by atoms with van der Waals surface area (Å²) >= 11 is 0. The molecule has 5 nitrogen and oxygen atoms in total. The van der Waals surface area contributed by atoms with Crippen molar-refractivity contribution in [3.05, 3.63) is 106 Å². The first-order valence-electron chi connectivity index (χ1n) is 9.61. The van der Waals surface area contributed by atoms with Crippen LogP contribution in [0.1, 0.15) is 22.7 Å². The van der Waals surface area contributed by atoms with E-state index in [1.807, 2.05) is 13.8 Å². The smallest absolute Gasteiger partial charge is 0.295 e. The second kappa shape index (κ2) is 7.67. The van der Waals surface area contributed by atoms with E-state index < -0.39 is 38.3 Å². The fourth-order valence-electron chi connectivity index (χ4n) is 3.62. The van der Waals surface area contributed by atoms with Crippen LogP contribution in [-0.2, 0) is 14.6 Å². The molecule has 7 heteroatoms. The molecule has 0 radical (unpaired) electrons. The van der Waals surface area contributed by atoms with Gasteiger partial charge in [-0.25, -0.2) is 12.8 Å². The van der Waals surface area contributed by atoms with Gasteiger partial charge in [-0.05, 0) is 55.8 Å². The van der Waals surface area contributed by atoms with Crippen LogP contribution in [0.4, 0.5) is 10.1 Å². The molecule has 1 aliphatic rings. The van der Waals surface area contributed by atoms with Crippen molar-refractivity contribution in [2.75, 3.05) is 4.90 Å². The van der Waals surface area contributed by atoms with E-state index >= 15 is 0 Å². The summed E-state index contributed by atoms with van der Waals surface area (Å²) in [4.78, 5) is 13.8. The number of carbonyl (C=O) groups excluding carboxylic acids is 1. The molecule has 0 bridgehead atoms. The van der Waals surface area contributed by atoms with Gasteiger partial charge in [-0.15, -0.1) is 0 Å². The summed E-state index contributed by atoms with van der Waals surface area (Å²) < 4.78 is 40.6. The minimum atomic E-state index is -4.22. The van der Waals surface area contributed by atoms with E-state index in [-0.39, 0.29) is 4.90 Å². The van der Waals surface area contributed by atoms with Crippen LogP contribution in [0.15, 0.2) is 88.4 Å². The van der Waals surface area contributed by atoms with Crippen molar-refractivity contribution in [1.29, 1.82) is 0 Å². The summed E-state index contributed by atoms with van der Waals surface area (Å²) in [7, 11) is -4.22. The van der Waals surface area contributed by atoms with Crippen LogP contribution in [0, 0.1) is 19.7 Å². The van der Waals surface area contributed by atoms with Crippen molar-refractivity contribution in [1.82, 2.24) is 0 Å². The SMILES string of the molecule is Cc1ccc(N2C(=O)C(O)=C(S(=O)(=O)c3ccc(C)cc3)[C@@H]2c2ccc(F)cc2)cc1. The van der Waals surface area contributed by atoms with Gasteiger partial charge < -0.3 is 5.11 Å². The second-order valence-corrected chi connectivity index (χ2v) is 9.41. The number of amides is 1. The first-order chi connectivity index (χ1) is 14.7. The standard InChI is InChI=1S/C24H20FNO4S/c1-15-3-11-19(12-4-15)26-21(17-7-9-18(25)10-8-17)23(22(27)24(26)28)31(29,30)20-13-5-16(2)6-14-20/h3-14,21,27H,1-2H3/t21-/m0/s1. The number of nitrogens with zero attached hydrogens (tertiary/aromatic N) is 1. The molecule has 0 spiro atoms. The molecule has 158 valence electrons. The van der Waals surface area contributed by atoms with E-state index in [4.69, 9.17) is 0 Å². The molecule has 1 heterocycles. The van der Waals surface area contributed by atoms with Gasteiger partial charge in [0.25, 0.3) is 5.91 Å². The highest BCUT2D eigenvalue weighted by Gasteiger charge is 2.47. The molecule has 1 amide bonds. The third-order valence-electron chi connectivity index (χ3n) is 5.28. The number of hydrogen-bond donors (Lipinski definition) is 1. The summed E-state index contributed by atoms with van der Waals surface area (Å²) in [6.07, 6.45) is 0. The highest BCUT2D eigenvalue weighted by molar-refractivity contribution is 7.95. The predicted octanol–water partition coefficient (Wildman–Crippen LogP) is 4.77. The van der Waals surface area contributed by atoms with Crippen LogP contribution in [-0.4, -0.2) is 19.4 Å². The molecule has 3 aromatic carbocycles. The minimum absolute atomic E-state index is 0.0367. The van der Waals surface area contributed by atoms with Crippen molar-refractivity contribution in [3.8, 4) is 0 Å². The van der Waals surface area contributed by atoms with Gasteiger partial charge >= 0.3 is 0 Å². The average molecular weight is 437 g/mol. The number of halogens is 1. The Bertz CT molecular complexity index is 1280. The van der Waals surface area contributed by atoms with E-state index in [0.717, 1.165) is 11.1 Å². The maximum absolute atomic E-state index is 13.6. The fraction of sp³-hybridized carbons (Fsp3) is 0.125. The largest absolute Gasteiger partial charge is 0.502 e. The lowest BCUT2D eigenvalue weighted by Gasteiger charge is -2.27. The molecular formula is C24H20FNO4S. The molecule has 1 N–H and O–H groups in total. The summed E-state index contributed by atoms with van der Waals surface area (Å²) in [6, 6.07) is 17.2. The van der Waals surface area contributed by atoms with Gasteiger partial charge in [-0.2, -0.15) is 0 Å². The van der Waals surface area contributed by atoms with Crippen LogP contribution in [0.25, 0.3) is 0 Å². The molecule has 1 atom stereocenters. The monoisotopic (exact) mass is 437 g/mol. The van der Waals surface area contributed by atoms with Crippen LogP contribution in [0.5, 0.6) is 0 Å². The van der Waals surface area contributed by atoms with Gasteiger partial charge in [-0.1, -0.05) is 47.5 Å². The molecular weight excluding hydrogens is 417 g/mol. The average Bonchev–Trinajstić information content (AvgIpc) is 3.01. The number of aliphatic hydroxyl groups excluding tert-OH is 1. The minimum Gasteiger partial charge on any atom is -0.502 e. The van der Waals surface area contributed by atoms with E-state index in [0.29, 0.717) is 11.3 Å². The Morgan fingerprint density at radius 3 is 1.90 bits per heavy atom. The van der Waals surface area contributed by atoms with E-state index in [9.17, 15) is 22.7 Å². The zero-order chi connectivity index (χ0) is 22.3. The van der Waals surface area contributed by atoms with Crippen molar-refractivity contribution < 1.29 is 22.7 Å². The highest BCUT2D eigenvalue weighted by atomic mass is 32.2. The number of aliphatic hydroxyl groups is 1.